The predicted octanol–water partition coefficient (Wildman–Crippen LogP) is 5.13. The summed E-state index contributed by atoms with van der Waals surface area (Å²) >= 11 is 6.46. The van der Waals surface area contributed by atoms with E-state index in [1.165, 1.54) is 11.1 Å². The monoisotopic (exact) mass is 385 g/mol. The van der Waals surface area contributed by atoms with Gasteiger partial charge in [0.1, 0.15) is 18.1 Å². The van der Waals surface area contributed by atoms with E-state index in [4.69, 9.17) is 21.1 Å². The Morgan fingerprint density at radius 3 is 2.78 bits per heavy atom. The summed E-state index contributed by atoms with van der Waals surface area (Å²) in [6.45, 7) is 7.84. The average Bonchev–Trinajstić information content (AvgIpc) is 2.99. The number of nitrogens with one attached hydrogen (secondary N) is 1. The van der Waals surface area contributed by atoms with Crippen LogP contribution in [0.2, 0.25) is 5.02 Å². The summed E-state index contributed by atoms with van der Waals surface area (Å²) in [5.41, 5.74) is 3.88. The quantitative estimate of drug-likeness (QED) is 0.773. The maximum atomic E-state index is 6.46. The molecule has 4 heteroatoms. The number of halogens is 1. The van der Waals surface area contributed by atoms with Crippen molar-refractivity contribution in [3.8, 4) is 11.5 Å². The van der Waals surface area contributed by atoms with Crippen molar-refractivity contribution in [2.45, 2.75) is 45.1 Å². The van der Waals surface area contributed by atoms with Gasteiger partial charge >= 0.3 is 0 Å². The number of fused-ring (bicyclic) bond motifs is 2. The second kappa shape index (κ2) is 7.73. The van der Waals surface area contributed by atoms with Gasteiger partial charge < -0.3 is 14.8 Å². The highest BCUT2D eigenvalue weighted by Gasteiger charge is 2.41. The summed E-state index contributed by atoms with van der Waals surface area (Å²) in [6.07, 6.45) is 3.28. The average molecular weight is 386 g/mol. The van der Waals surface area contributed by atoms with Gasteiger partial charge in [-0.2, -0.15) is 0 Å². The van der Waals surface area contributed by atoms with E-state index in [-0.39, 0.29) is 5.41 Å². The van der Waals surface area contributed by atoms with Crippen molar-refractivity contribution in [3.05, 3.63) is 58.1 Å². The minimum atomic E-state index is 0.187. The zero-order chi connectivity index (χ0) is 18.9. The molecule has 0 atom stereocenters. The zero-order valence-corrected chi connectivity index (χ0v) is 16.9. The zero-order valence-electron chi connectivity index (χ0n) is 16.2. The third-order valence-electron chi connectivity index (χ3n) is 5.82. The fourth-order valence-electron chi connectivity index (χ4n) is 4.31. The van der Waals surface area contributed by atoms with E-state index in [9.17, 15) is 0 Å². The Morgan fingerprint density at radius 1 is 1.19 bits per heavy atom. The molecule has 0 unspecified atom stereocenters. The molecule has 2 aromatic carbocycles. The normalized spacial score (nSPS) is 17.8. The first-order chi connectivity index (χ1) is 13.1. The molecule has 3 nitrogen and oxygen atoms in total. The van der Waals surface area contributed by atoms with Crippen LogP contribution in [0.25, 0.3) is 0 Å². The molecule has 0 saturated carbocycles. The smallest absolute Gasteiger partial charge is 0.126 e. The Balaban J connectivity index is 1.51. The number of hydrogen-bond donors (Lipinski definition) is 1. The highest BCUT2D eigenvalue weighted by molar-refractivity contribution is 6.31. The molecule has 1 spiro atoms. The van der Waals surface area contributed by atoms with Crippen molar-refractivity contribution in [1.82, 2.24) is 5.32 Å². The summed E-state index contributed by atoms with van der Waals surface area (Å²) in [5, 5.41) is 4.22. The molecule has 2 aliphatic rings. The van der Waals surface area contributed by atoms with Gasteiger partial charge in [0.2, 0.25) is 0 Å². The molecule has 2 heterocycles. The van der Waals surface area contributed by atoms with Crippen LogP contribution in [0, 0.1) is 5.92 Å². The number of ether oxygens (including phenoxy) is 2. The Morgan fingerprint density at radius 2 is 2.00 bits per heavy atom. The standard InChI is InChI=1S/C23H28ClNO2/c1-16(2)12-17-4-3-5-21(24)19(17)14-26-18-6-7-20-22(13-18)27-15-23(20)8-10-25-11-9-23/h3-7,13,16,25H,8-12,14-15H2,1-2H3. The van der Waals surface area contributed by atoms with Gasteiger partial charge in [-0.25, -0.2) is 0 Å². The summed E-state index contributed by atoms with van der Waals surface area (Å²) in [4.78, 5) is 0. The van der Waals surface area contributed by atoms with Gasteiger partial charge in [-0.3, -0.25) is 0 Å². The molecular formula is C23H28ClNO2. The van der Waals surface area contributed by atoms with Crippen molar-refractivity contribution in [1.29, 1.82) is 0 Å². The van der Waals surface area contributed by atoms with Crippen molar-refractivity contribution < 1.29 is 9.47 Å². The summed E-state index contributed by atoms with van der Waals surface area (Å²) in [6, 6.07) is 12.4. The van der Waals surface area contributed by atoms with Crippen molar-refractivity contribution in [2.75, 3.05) is 19.7 Å². The van der Waals surface area contributed by atoms with Gasteiger partial charge in [0.25, 0.3) is 0 Å². The van der Waals surface area contributed by atoms with E-state index in [2.05, 4.69) is 37.4 Å². The molecule has 0 radical (unpaired) electrons. The highest BCUT2D eigenvalue weighted by Crippen LogP contribution is 2.45. The lowest BCUT2D eigenvalue weighted by Gasteiger charge is -2.32. The fourth-order valence-corrected chi connectivity index (χ4v) is 4.56. The van der Waals surface area contributed by atoms with Gasteiger partial charge in [-0.1, -0.05) is 43.6 Å². The first kappa shape index (κ1) is 18.6. The molecule has 1 fully saturated rings. The number of rotatable bonds is 5. The minimum Gasteiger partial charge on any atom is -0.492 e. The molecular weight excluding hydrogens is 358 g/mol. The Kier molecular flexibility index (Phi) is 5.34. The molecule has 0 aliphatic carbocycles. The van der Waals surface area contributed by atoms with E-state index in [0.717, 1.165) is 61.0 Å². The maximum Gasteiger partial charge on any atom is 0.126 e. The molecule has 1 N–H and O–H groups in total. The third kappa shape index (κ3) is 3.81. The van der Waals surface area contributed by atoms with Crippen LogP contribution in [0.1, 0.15) is 43.4 Å². The van der Waals surface area contributed by atoms with Crippen LogP contribution < -0.4 is 14.8 Å². The van der Waals surface area contributed by atoms with Crippen molar-refractivity contribution >= 4 is 11.6 Å². The molecule has 27 heavy (non-hydrogen) atoms. The van der Waals surface area contributed by atoms with Crippen LogP contribution in [0.3, 0.4) is 0 Å². The minimum absolute atomic E-state index is 0.187. The molecule has 2 aromatic rings. The van der Waals surface area contributed by atoms with Crippen LogP contribution >= 0.6 is 11.6 Å². The largest absolute Gasteiger partial charge is 0.492 e. The molecule has 2 aliphatic heterocycles. The maximum absolute atomic E-state index is 6.46. The van der Waals surface area contributed by atoms with Crippen LogP contribution in [0.5, 0.6) is 11.5 Å². The summed E-state index contributed by atoms with van der Waals surface area (Å²) in [5.74, 6) is 2.41. The predicted molar refractivity (Wildman–Crippen MR) is 110 cm³/mol. The van der Waals surface area contributed by atoms with Crippen LogP contribution in [0.15, 0.2) is 36.4 Å². The van der Waals surface area contributed by atoms with Crippen molar-refractivity contribution in [2.24, 2.45) is 5.92 Å². The lowest BCUT2D eigenvalue weighted by molar-refractivity contribution is 0.220. The number of benzene rings is 2. The number of piperidine rings is 1. The van der Waals surface area contributed by atoms with Crippen LogP contribution in [-0.4, -0.2) is 19.7 Å². The molecule has 4 rings (SSSR count). The lowest BCUT2D eigenvalue weighted by atomic mass is 9.75. The SMILES string of the molecule is CC(C)Cc1cccc(Cl)c1COc1ccc2c(c1)OCC21CCNCC1. The summed E-state index contributed by atoms with van der Waals surface area (Å²) < 4.78 is 12.2. The van der Waals surface area contributed by atoms with Gasteiger partial charge in [0.05, 0.1) is 6.61 Å². The van der Waals surface area contributed by atoms with E-state index >= 15 is 0 Å². The molecule has 0 bridgehead atoms. The first-order valence-electron chi connectivity index (χ1n) is 9.94. The fraction of sp³-hybridized carbons (Fsp3) is 0.478. The van der Waals surface area contributed by atoms with Gasteiger partial charge in [-0.05, 0) is 56.0 Å². The van der Waals surface area contributed by atoms with E-state index in [1.807, 2.05) is 18.2 Å². The second-order valence-electron chi connectivity index (χ2n) is 8.24. The Hall–Kier alpha value is -1.71. The van der Waals surface area contributed by atoms with Crippen LogP contribution in [0.4, 0.5) is 0 Å². The number of hydrogen-bond acceptors (Lipinski definition) is 3. The van der Waals surface area contributed by atoms with Gasteiger partial charge in [0.15, 0.2) is 0 Å². The first-order valence-corrected chi connectivity index (χ1v) is 10.3. The summed E-state index contributed by atoms with van der Waals surface area (Å²) in [7, 11) is 0. The lowest BCUT2D eigenvalue weighted by Crippen LogP contribution is -2.40. The Bertz CT molecular complexity index is 812. The Labute approximate surface area is 167 Å². The molecule has 0 amide bonds. The molecule has 1 saturated heterocycles. The van der Waals surface area contributed by atoms with Gasteiger partial charge in [0, 0.05) is 27.6 Å². The van der Waals surface area contributed by atoms with E-state index in [0.29, 0.717) is 12.5 Å². The highest BCUT2D eigenvalue weighted by atomic mass is 35.5. The second-order valence-corrected chi connectivity index (χ2v) is 8.65. The third-order valence-corrected chi connectivity index (χ3v) is 6.17. The van der Waals surface area contributed by atoms with Gasteiger partial charge in [-0.15, -0.1) is 0 Å². The van der Waals surface area contributed by atoms with E-state index < -0.39 is 0 Å². The van der Waals surface area contributed by atoms with E-state index in [1.54, 1.807) is 0 Å². The topological polar surface area (TPSA) is 30.5 Å². The molecule has 144 valence electrons. The van der Waals surface area contributed by atoms with Crippen molar-refractivity contribution in [3.63, 3.8) is 0 Å². The van der Waals surface area contributed by atoms with Crippen LogP contribution in [-0.2, 0) is 18.4 Å². The molecule has 0 aromatic heterocycles.